The maximum Gasteiger partial charge on any atom is 0.251 e. The summed E-state index contributed by atoms with van der Waals surface area (Å²) in [5, 5.41) is 5.39. The third-order valence-electron chi connectivity index (χ3n) is 2.66. The predicted molar refractivity (Wildman–Crippen MR) is 74.8 cm³/mol. The molecule has 5 heteroatoms. The molecule has 0 fully saturated rings. The zero-order valence-electron chi connectivity index (χ0n) is 11.2. The van der Waals surface area contributed by atoms with E-state index in [4.69, 9.17) is 5.73 Å². The van der Waals surface area contributed by atoms with Crippen molar-refractivity contribution in [2.24, 2.45) is 5.73 Å². The van der Waals surface area contributed by atoms with Crippen molar-refractivity contribution in [3.05, 3.63) is 35.4 Å². The maximum absolute atomic E-state index is 11.8. The summed E-state index contributed by atoms with van der Waals surface area (Å²) < 4.78 is 0. The lowest BCUT2D eigenvalue weighted by atomic mass is 10.1. The minimum Gasteiger partial charge on any atom is -0.356 e. The molecule has 0 aromatic heterocycles. The fraction of sp³-hybridized carbons (Fsp3) is 0.429. The summed E-state index contributed by atoms with van der Waals surface area (Å²) in [5.74, 6) is -0.218. The fourth-order valence-corrected chi connectivity index (χ4v) is 1.67. The molecule has 0 atom stereocenters. The van der Waals surface area contributed by atoms with Crippen molar-refractivity contribution < 1.29 is 9.59 Å². The van der Waals surface area contributed by atoms with Gasteiger partial charge in [0, 0.05) is 25.1 Å². The Morgan fingerprint density at radius 2 is 1.84 bits per heavy atom. The van der Waals surface area contributed by atoms with Gasteiger partial charge in [-0.1, -0.05) is 12.1 Å². The predicted octanol–water partition coefficient (Wildman–Crippen LogP) is 0.444. The molecule has 0 aliphatic carbocycles. The highest BCUT2D eigenvalue weighted by Crippen LogP contribution is 2.04. The lowest BCUT2D eigenvalue weighted by Gasteiger charge is -2.06. The fourth-order valence-electron chi connectivity index (χ4n) is 1.67. The number of nitrogens with one attached hydrogen (secondary N) is 2. The van der Waals surface area contributed by atoms with E-state index in [-0.39, 0.29) is 11.8 Å². The number of amides is 2. The van der Waals surface area contributed by atoms with Gasteiger partial charge >= 0.3 is 0 Å². The highest BCUT2D eigenvalue weighted by Gasteiger charge is 2.06. The van der Waals surface area contributed by atoms with Crippen molar-refractivity contribution in [3.63, 3.8) is 0 Å². The van der Waals surface area contributed by atoms with E-state index in [9.17, 15) is 9.59 Å². The van der Waals surface area contributed by atoms with E-state index >= 15 is 0 Å². The van der Waals surface area contributed by atoms with Crippen LogP contribution in [0, 0.1) is 0 Å². The molecule has 1 rings (SSSR count). The van der Waals surface area contributed by atoms with Crippen LogP contribution in [0.5, 0.6) is 0 Å². The van der Waals surface area contributed by atoms with Gasteiger partial charge in [-0.05, 0) is 37.6 Å². The average molecular weight is 263 g/mol. The monoisotopic (exact) mass is 263 g/mol. The van der Waals surface area contributed by atoms with Crippen LogP contribution < -0.4 is 16.4 Å². The van der Waals surface area contributed by atoms with E-state index in [1.54, 1.807) is 12.1 Å². The van der Waals surface area contributed by atoms with Crippen molar-refractivity contribution in [1.29, 1.82) is 0 Å². The lowest BCUT2D eigenvalue weighted by Crippen LogP contribution is -2.30. The normalized spacial score (nSPS) is 10.0. The van der Waals surface area contributed by atoms with Gasteiger partial charge in [-0.3, -0.25) is 9.59 Å². The molecule has 1 aromatic carbocycles. The topological polar surface area (TPSA) is 84.2 Å². The van der Waals surface area contributed by atoms with Crippen molar-refractivity contribution in [2.45, 2.75) is 19.8 Å². The lowest BCUT2D eigenvalue weighted by molar-refractivity contribution is -0.120. The van der Waals surface area contributed by atoms with E-state index < -0.39 is 0 Å². The van der Waals surface area contributed by atoms with Gasteiger partial charge < -0.3 is 16.4 Å². The summed E-state index contributed by atoms with van der Waals surface area (Å²) in [6, 6.07) is 7.33. The Hall–Kier alpha value is -1.88. The number of carbonyl (C=O) groups is 2. The standard InChI is InChI=1S/C14H21N3O2/c1-2-16-13(18)8-10-17-14(19)12-5-3-11(4-6-12)7-9-15/h3-6H,2,7-10,15H2,1H3,(H,16,18)(H,17,19). The zero-order valence-corrected chi connectivity index (χ0v) is 11.2. The van der Waals surface area contributed by atoms with E-state index in [2.05, 4.69) is 10.6 Å². The summed E-state index contributed by atoms with van der Waals surface area (Å²) in [7, 11) is 0. The molecule has 1 aromatic rings. The van der Waals surface area contributed by atoms with Crippen molar-refractivity contribution >= 4 is 11.8 Å². The van der Waals surface area contributed by atoms with E-state index in [0.29, 0.717) is 31.6 Å². The van der Waals surface area contributed by atoms with Crippen molar-refractivity contribution in [1.82, 2.24) is 10.6 Å². The Balaban J connectivity index is 2.38. The van der Waals surface area contributed by atoms with Gasteiger partial charge in [0.15, 0.2) is 0 Å². The number of benzene rings is 1. The molecule has 2 amide bonds. The van der Waals surface area contributed by atoms with Crippen LogP contribution in [0.15, 0.2) is 24.3 Å². The van der Waals surface area contributed by atoms with Crippen LogP contribution in [0.25, 0.3) is 0 Å². The van der Waals surface area contributed by atoms with Gasteiger partial charge in [-0.2, -0.15) is 0 Å². The average Bonchev–Trinajstić information content (AvgIpc) is 2.40. The molecule has 0 unspecified atom stereocenters. The van der Waals surface area contributed by atoms with Crippen LogP contribution >= 0.6 is 0 Å². The molecule has 0 bridgehead atoms. The van der Waals surface area contributed by atoms with E-state index in [1.165, 1.54) is 0 Å². The first kappa shape index (κ1) is 15.2. The first-order chi connectivity index (χ1) is 9.17. The van der Waals surface area contributed by atoms with Crippen LogP contribution in [0.4, 0.5) is 0 Å². The first-order valence-electron chi connectivity index (χ1n) is 6.51. The van der Waals surface area contributed by atoms with Crippen LogP contribution in [0.1, 0.15) is 29.3 Å². The Labute approximate surface area is 113 Å². The maximum atomic E-state index is 11.8. The molecule has 5 nitrogen and oxygen atoms in total. The second-order valence-corrected chi connectivity index (χ2v) is 4.20. The molecule has 4 N–H and O–H groups in total. The summed E-state index contributed by atoms with van der Waals surface area (Å²) in [5.41, 5.74) is 7.17. The largest absolute Gasteiger partial charge is 0.356 e. The second-order valence-electron chi connectivity index (χ2n) is 4.20. The molecule has 19 heavy (non-hydrogen) atoms. The Morgan fingerprint density at radius 1 is 1.16 bits per heavy atom. The minimum absolute atomic E-state index is 0.0545. The smallest absolute Gasteiger partial charge is 0.251 e. The van der Waals surface area contributed by atoms with Gasteiger partial charge in [0.2, 0.25) is 5.91 Å². The third-order valence-corrected chi connectivity index (χ3v) is 2.66. The van der Waals surface area contributed by atoms with Gasteiger partial charge in [-0.25, -0.2) is 0 Å². The van der Waals surface area contributed by atoms with E-state index in [0.717, 1.165) is 12.0 Å². The van der Waals surface area contributed by atoms with Crippen LogP contribution in [0.3, 0.4) is 0 Å². The molecule has 0 aliphatic heterocycles. The molecule has 0 spiro atoms. The van der Waals surface area contributed by atoms with Crippen molar-refractivity contribution in [2.75, 3.05) is 19.6 Å². The molecule has 104 valence electrons. The molecule has 0 saturated heterocycles. The molecule has 0 aliphatic rings. The Kier molecular flexibility index (Phi) is 6.60. The highest BCUT2D eigenvalue weighted by atomic mass is 16.2. The number of rotatable bonds is 7. The summed E-state index contributed by atoms with van der Waals surface area (Å²) in [4.78, 5) is 23.0. The first-order valence-corrected chi connectivity index (χ1v) is 6.51. The highest BCUT2D eigenvalue weighted by molar-refractivity contribution is 5.94. The zero-order chi connectivity index (χ0) is 14.1. The Morgan fingerprint density at radius 3 is 2.42 bits per heavy atom. The van der Waals surface area contributed by atoms with E-state index in [1.807, 2.05) is 19.1 Å². The number of carbonyl (C=O) groups excluding carboxylic acids is 2. The van der Waals surface area contributed by atoms with Crippen LogP contribution in [-0.4, -0.2) is 31.4 Å². The minimum atomic E-state index is -0.163. The summed E-state index contributed by atoms with van der Waals surface area (Å²) >= 11 is 0. The molecular weight excluding hydrogens is 242 g/mol. The second kappa shape index (κ2) is 8.26. The number of hydrogen-bond acceptors (Lipinski definition) is 3. The number of nitrogens with two attached hydrogens (primary N) is 1. The molecule has 0 saturated carbocycles. The third kappa shape index (κ3) is 5.52. The van der Waals surface area contributed by atoms with Gasteiger partial charge in [0.1, 0.15) is 0 Å². The van der Waals surface area contributed by atoms with Gasteiger partial charge in [-0.15, -0.1) is 0 Å². The molecule has 0 heterocycles. The van der Waals surface area contributed by atoms with Crippen LogP contribution in [0.2, 0.25) is 0 Å². The molecule has 0 radical (unpaired) electrons. The van der Waals surface area contributed by atoms with Gasteiger partial charge in [0.25, 0.3) is 5.91 Å². The Bertz CT molecular complexity index is 415. The molecular formula is C14H21N3O2. The number of hydrogen-bond donors (Lipinski definition) is 3. The van der Waals surface area contributed by atoms with Crippen molar-refractivity contribution in [3.8, 4) is 0 Å². The SMILES string of the molecule is CCNC(=O)CCNC(=O)c1ccc(CCN)cc1. The summed E-state index contributed by atoms with van der Waals surface area (Å²) in [6.45, 7) is 3.40. The summed E-state index contributed by atoms with van der Waals surface area (Å²) in [6.07, 6.45) is 1.10. The van der Waals surface area contributed by atoms with Gasteiger partial charge in [0.05, 0.1) is 0 Å². The quantitative estimate of drug-likeness (QED) is 0.667. The van der Waals surface area contributed by atoms with Crippen LogP contribution in [-0.2, 0) is 11.2 Å².